The van der Waals surface area contributed by atoms with E-state index in [0.717, 1.165) is 22.4 Å². The second-order valence-electron chi connectivity index (χ2n) is 4.55. The van der Waals surface area contributed by atoms with Crippen molar-refractivity contribution in [2.45, 2.75) is 6.92 Å². The van der Waals surface area contributed by atoms with Crippen LogP contribution in [-0.4, -0.2) is 10.9 Å². The highest BCUT2D eigenvalue weighted by molar-refractivity contribution is 5.99. The number of nitrogens with zero attached hydrogens (tertiary/aromatic N) is 1. The second-order valence-corrected chi connectivity index (χ2v) is 4.55. The summed E-state index contributed by atoms with van der Waals surface area (Å²) in [5.41, 5.74) is 3.20. The van der Waals surface area contributed by atoms with Gasteiger partial charge in [-0.3, -0.25) is 4.79 Å². The van der Waals surface area contributed by atoms with E-state index in [9.17, 15) is 4.79 Å². The van der Waals surface area contributed by atoms with E-state index in [1.54, 1.807) is 13.0 Å². The molecule has 0 spiro atoms. The van der Waals surface area contributed by atoms with Gasteiger partial charge in [-0.15, -0.1) is 0 Å². The number of oxazole rings is 1. The zero-order valence-electron chi connectivity index (χ0n) is 11.5. The third-order valence-corrected chi connectivity index (χ3v) is 3.01. The van der Waals surface area contributed by atoms with E-state index in [1.807, 2.05) is 48.5 Å². The number of amides is 1. The Morgan fingerprint density at radius 2 is 1.90 bits per heavy atom. The minimum atomic E-state index is -0.146. The van der Waals surface area contributed by atoms with E-state index in [0.29, 0.717) is 5.89 Å². The van der Waals surface area contributed by atoms with Crippen LogP contribution in [0.4, 0.5) is 5.69 Å². The van der Waals surface area contributed by atoms with Crippen molar-refractivity contribution in [2.75, 3.05) is 5.32 Å². The number of rotatable bonds is 3. The number of allylic oxidation sites excluding steroid dienone is 1. The zero-order valence-corrected chi connectivity index (χ0v) is 11.5. The van der Waals surface area contributed by atoms with Gasteiger partial charge in [-0.2, -0.15) is 0 Å². The molecule has 21 heavy (non-hydrogen) atoms. The summed E-state index contributed by atoms with van der Waals surface area (Å²) in [6.45, 7) is 1.80. The first kappa shape index (κ1) is 13.1. The Hall–Kier alpha value is -2.88. The van der Waals surface area contributed by atoms with Crippen LogP contribution in [0.2, 0.25) is 0 Å². The number of fused-ring (bicyclic) bond motifs is 1. The van der Waals surface area contributed by atoms with Crippen molar-refractivity contribution in [2.24, 2.45) is 0 Å². The smallest absolute Gasteiger partial charge is 0.248 e. The van der Waals surface area contributed by atoms with Crippen LogP contribution in [0.1, 0.15) is 6.92 Å². The molecule has 4 nitrogen and oxygen atoms in total. The summed E-state index contributed by atoms with van der Waals surface area (Å²) >= 11 is 0. The predicted molar refractivity (Wildman–Crippen MR) is 82.9 cm³/mol. The molecule has 1 heterocycles. The zero-order chi connectivity index (χ0) is 14.7. The van der Waals surface area contributed by atoms with Gasteiger partial charge in [0.25, 0.3) is 0 Å². The van der Waals surface area contributed by atoms with E-state index >= 15 is 0 Å². The monoisotopic (exact) mass is 278 g/mol. The minimum Gasteiger partial charge on any atom is -0.436 e. The lowest BCUT2D eigenvalue weighted by Crippen LogP contribution is -2.07. The molecular weight excluding hydrogens is 264 g/mol. The standard InChI is InChI=1S/C17H14N2O2/c1-2-5-16(20)18-13-10-8-12(9-11-13)17-19-14-6-3-4-7-15(14)21-17/h2-11H,1H3,(H,18,20)/b5-2+. The molecule has 3 rings (SSSR count). The number of hydrogen-bond donors (Lipinski definition) is 1. The number of benzene rings is 2. The second kappa shape index (κ2) is 5.63. The molecule has 0 unspecified atom stereocenters. The average molecular weight is 278 g/mol. The lowest BCUT2D eigenvalue weighted by Gasteiger charge is -2.02. The molecule has 1 aromatic heterocycles. The molecule has 0 saturated heterocycles. The number of anilines is 1. The van der Waals surface area contributed by atoms with E-state index in [4.69, 9.17) is 4.42 Å². The Labute approximate surface area is 122 Å². The van der Waals surface area contributed by atoms with Crippen molar-refractivity contribution in [3.63, 3.8) is 0 Å². The molecule has 0 fully saturated rings. The number of nitrogens with one attached hydrogen (secondary N) is 1. The molecule has 3 aromatic rings. The molecular formula is C17H14N2O2. The van der Waals surface area contributed by atoms with Gasteiger partial charge in [0.15, 0.2) is 5.58 Å². The van der Waals surface area contributed by atoms with Gasteiger partial charge in [-0.05, 0) is 49.4 Å². The Kier molecular flexibility index (Phi) is 3.51. The third-order valence-electron chi connectivity index (χ3n) is 3.01. The summed E-state index contributed by atoms with van der Waals surface area (Å²) < 4.78 is 5.70. The van der Waals surface area contributed by atoms with Crippen molar-refractivity contribution in [1.29, 1.82) is 0 Å². The molecule has 104 valence electrons. The highest BCUT2D eigenvalue weighted by Gasteiger charge is 2.07. The summed E-state index contributed by atoms with van der Waals surface area (Å²) in [5, 5.41) is 2.77. The van der Waals surface area contributed by atoms with E-state index in [1.165, 1.54) is 6.08 Å². The van der Waals surface area contributed by atoms with Crippen LogP contribution in [0, 0.1) is 0 Å². The first-order valence-electron chi connectivity index (χ1n) is 6.66. The first-order valence-corrected chi connectivity index (χ1v) is 6.66. The van der Waals surface area contributed by atoms with E-state index in [-0.39, 0.29) is 5.91 Å². The Balaban J connectivity index is 1.85. The number of carbonyl (C=O) groups excluding carboxylic acids is 1. The molecule has 0 saturated carbocycles. The van der Waals surface area contributed by atoms with Gasteiger partial charge < -0.3 is 9.73 Å². The molecule has 0 aliphatic rings. The van der Waals surface area contributed by atoms with Crippen molar-refractivity contribution in [3.8, 4) is 11.5 Å². The summed E-state index contributed by atoms with van der Waals surface area (Å²) in [6, 6.07) is 15.0. The van der Waals surface area contributed by atoms with Gasteiger partial charge in [0.1, 0.15) is 5.52 Å². The fraction of sp³-hybridized carbons (Fsp3) is 0.0588. The van der Waals surface area contributed by atoms with Crippen LogP contribution in [0.3, 0.4) is 0 Å². The Morgan fingerprint density at radius 1 is 1.14 bits per heavy atom. The van der Waals surface area contributed by atoms with Crippen LogP contribution in [-0.2, 0) is 4.79 Å². The molecule has 2 aromatic carbocycles. The number of para-hydroxylation sites is 2. The predicted octanol–water partition coefficient (Wildman–Crippen LogP) is 4.01. The van der Waals surface area contributed by atoms with Crippen LogP contribution in [0.25, 0.3) is 22.6 Å². The molecule has 0 aliphatic carbocycles. The maximum Gasteiger partial charge on any atom is 0.248 e. The fourth-order valence-electron chi connectivity index (χ4n) is 2.03. The van der Waals surface area contributed by atoms with Crippen LogP contribution in [0.5, 0.6) is 0 Å². The highest BCUT2D eigenvalue weighted by atomic mass is 16.3. The van der Waals surface area contributed by atoms with Gasteiger partial charge in [-0.25, -0.2) is 4.98 Å². The average Bonchev–Trinajstić information content (AvgIpc) is 2.92. The van der Waals surface area contributed by atoms with Crippen LogP contribution < -0.4 is 5.32 Å². The van der Waals surface area contributed by atoms with Gasteiger partial charge in [0.05, 0.1) is 0 Å². The quantitative estimate of drug-likeness (QED) is 0.736. The van der Waals surface area contributed by atoms with Crippen molar-refractivity contribution in [3.05, 3.63) is 60.7 Å². The van der Waals surface area contributed by atoms with Crippen LogP contribution >= 0.6 is 0 Å². The number of hydrogen-bond acceptors (Lipinski definition) is 3. The number of aromatic nitrogens is 1. The SMILES string of the molecule is C/C=C/C(=O)Nc1ccc(-c2nc3ccccc3o2)cc1. The maximum atomic E-state index is 11.5. The Morgan fingerprint density at radius 3 is 2.62 bits per heavy atom. The fourth-order valence-corrected chi connectivity index (χ4v) is 2.03. The summed E-state index contributed by atoms with van der Waals surface area (Å²) in [6.07, 6.45) is 3.18. The third kappa shape index (κ3) is 2.84. The maximum absolute atomic E-state index is 11.5. The van der Waals surface area contributed by atoms with Gasteiger partial charge in [0.2, 0.25) is 11.8 Å². The van der Waals surface area contributed by atoms with Crippen molar-refractivity contribution < 1.29 is 9.21 Å². The molecule has 1 N–H and O–H groups in total. The van der Waals surface area contributed by atoms with E-state index < -0.39 is 0 Å². The largest absolute Gasteiger partial charge is 0.436 e. The summed E-state index contributed by atoms with van der Waals surface area (Å²) in [4.78, 5) is 15.9. The van der Waals surface area contributed by atoms with Gasteiger partial charge >= 0.3 is 0 Å². The Bertz CT molecular complexity index is 768. The molecule has 1 amide bonds. The lowest BCUT2D eigenvalue weighted by molar-refractivity contribution is -0.111. The first-order chi connectivity index (χ1) is 10.3. The molecule has 0 radical (unpaired) electrons. The van der Waals surface area contributed by atoms with Crippen molar-refractivity contribution in [1.82, 2.24) is 4.98 Å². The molecule has 0 atom stereocenters. The van der Waals surface area contributed by atoms with Crippen LogP contribution in [0.15, 0.2) is 65.1 Å². The lowest BCUT2D eigenvalue weighted by atomic mass is 10.2. The molecule has 0 bridgehead atoms. The molecule has 4 heteroatoms. The topological polar surface area (TPSA) is 55.1 Å². The molecule has 0 aliphatic heterocycles. The van der Waals surface area contributed by atoms with E-state index in [2.05, 4.69) is 10.3 Å². The normalized spacial score (nSPS) is 11.1. The minimum absolute atomic E-state index is 0.146. The van der Waals surface area contributed by atoms with Crippen molar-refractivity contribution >= 4 is 22.7 Å². The number of carbonyl (C=O) groups is 1. The van der Waals surface area contributed by atoms with Gasteiger partial charge in [0, 0.05) is 11.3 Å². The summed E-state index contributed by atoms with van der Waals surface area (Å²) in [5.74, 6) is 0.426. The summed E-state index contributed by atoms with van der Waals surface area (Å²) in [7, 11) is 0. The van der Waals surface area contributed by atoms with Gasteiger partial charge in [-0.1, -0.05) is 18.2 Å². The highest BCUT2D eigenvalue weighted by Crippen LogP contribution is 2.25.